The van der Waals surface area contributed by atoms with Crippen LogP contribution in [0.3, 0.4) is 0 Å². The minimum Gasteiger partial charge on any atom is -0.469 e. The van der Waals surface area contributed by atoms with E-state index in [0.717, 1.165) is 5.56 Å². The van der Waals surface area contributed by atoms with Crippen LogP contribution in [-0.2, 0) is 14.3 Å². The van der Waals surface area contributed by atoms with Crippen molar-refractivity contribution in [1.29, 1.82) is 0 Å². The molecule has 1 rings (SSSR count). The molecule has 0 aliphatic rings. The highest BCUT2D eigenvalue weighted by molar-refractivity contribution is 6.30. The number of hydrogen-bond acceptors (Lipinski definition) is 3. The number of esters is 1. The Morgan fingerprint density at radius 2 is 2.12 bits per heavy atom. The van der Waals surface area contributed by atoms with Crippen LogP contribution < -0.4 is 5.32 Å². The summed E-state index contributed by atoms with van der Waals surface area (Å²) in [5, 5.41) is 3.20. The number of anilines is 1. The zero-order valence-electron chi connectivity index (χ0n) is 9.04. The van der Waals surface area contributed by atoms with Crippen molar-refractivity contribution in [3.05, 3.63) is 28.8 Å². The van der Waals surface area contributed by atoms with Gasteiger partial charge in [0.2, 0.25) is 5.91 Å². The molecule has 1 aromatic carbocycles. The van der Waals surface area contributed by atoms with E-state index in [1.807, 2.05) is 6.92 Å². The van der Waals surface area contributed by atoms with Crippen molar-refractivity contribution >= 4 is 29.2 Å². The van der Waals surface area contributed by atoms with E-state index < -0.39 is 11.9 Å². The van der Waals surface area contributed by atoms with E-state index in [4.69, 9.17) is 11.6 Å². The Bertz CT molecular complexity index is 418. The predicted molar refractivity (Wildman–Crippen MR) is 61.5 cm³/mol. The Balaban J connectivity index is 2.66. The van der Waals surface area contributed by atoms with Gasteiger partial charge in [0.1, 0.15) is 6.42 Å². The summed E-state index contributed by atoms with van der Waals surface area (Å²) >= 11 is 5.77. The molecule has 0 radical (unpaired) electrons. The van der Waals surface area contributed by atoms with Crippen LogP contribution in [0.1, 0.15) is 12.0 Å². The van der Waals surface area contributed by atoms with Gasteiger partial charge in [-0.3, -0.25) is 9.59 Å². The first kappa shape index (κ1) is 12.5. The standard InChI is InChI=1S/C11H12ClNO3/c1-7-5-8(12)3-4-9(7)13-10(14)6-11(15)16-2/h3-5H,6H2,1-2H3,(H,13,14). The summed E-state index contributed by atoms with van der Waals surface area (Å²) < 4.78 is 4.39. The average Bonchev–Trinajstić information content (AvgIpc) is 2.22. The summed E-state index contributed by atoms with van der Waals surface area (Å²) in [7, 11) is 1.24. The summed E-state index contributed by atoms with van der Waals surface area (Å²) in [4.78, 5) is 22.2. The predicted octanol–water partition coefficient (Wildman–Crippen LogP) is 2.15. The number of benzene rings is 1. The van der Waals surface area contributed by atoms with E-state index >= 15 is 0 Å². The first-order valence-electron chi connectivity index (χ1n) is 4.65. The summed E-state index contributed by atoms with van der Waals surface area (Å²) in [6.45, 7) is 1.82. The maximum Gasteiger partial charge on any atom is 0.315 e. The highest BCUT2D eigenvalue weighted by Gasteiger charge is 2.10. The summed E-state index contributed by atoms with van der Waals surface area (Å²) in [5.74, 6) is -0.971. The fraction of sp³-hybridized carbons (Fsp3) is 0.273. The molecular formula is C11H12ClNO3. The second-order valence-electron chi connectivity index (χ2n) is 3.26. The highest BCUT2D eigenvalue weighted by Crippen LogP contribution is 2.19. The molecule has 0 spiro atoms. The lowest BCUT2D eigenvalue weighted by Gasteiger charge is -2.07. The molecule has 1 amide bonds. The second-order valence-corrected chi connectivity index (χ2v) is 3.70. The van der Waals surface area contributed by atoms with E-state index in [2.05, 4.69) is 10.1 Å². The smallest absolute Gasteiger partial charge is 0.315 e. The topological polar surface area (TPSA) is 55.4 Å². The lowest BCUT2D eigenvalue weighted by molar-refractivity contribution is -0.142. The molecule has 1 aromatic rings. The summed E-state index contributed by atoms with van der Waals surface area (Å²) in [6, 6.07) is 5.09. The van der Waals surface area contributed by atoms with E-state index in [0.29, 0.717) is 10.7 Å². The number of nitrogens with one attached hydrogen (secondary N) is 1. The molecule has 0 aromatic heterocycles. The number of aryl methyl sites for hydroxylation is 1. The van der Waals surface area contributed by atoms with Gasteiger partial charge in [0, 0.05) is 10.7 Å². The third kappa shape index (κ3) is 3.55. The number of ether oxygens (including phenoxy) is 1. The van der Waals surface area contributed by atoms with Crippen molar-refractivity contribution < 1.29 is 14.3 Å². The van der Waals surface area contributed by atoms with E-state index in [1.54, 1.807) is 18.2 Å². The number of halogens is 1. The Morgan fingerprint density at radius 3 is 2.69 bits per heavy atom. The Morgan fingerprint density at radius 1 is 1.44 bits per heavy atom. The molecule has 86 valence electrons. The largest absolute Gasteiger partial charge is 0.469 e. The van der Waals surface area contributed by atoms with Gasteiger partial charge < -0.3 is 10.1 Å². The van der Waals surface area contributed by atoms with Gasteiger partial charge in [-0.15, -0.1) is 0 Å². The lowest BCUT2D eigenvalue weighted by Crippen LogP contribution is -2.17. The fourth-order valence-corrected chi connectivity index (χ4v) is 1.39. The van der Waals surface area contributed by atoms with Crippen LogP contribution in [0.15, 0.2) is 18.2 Å². The molecule has 4 nitrogen and oxygen atoms in total. The number of carbonyl (C=O) groups excluding carboxylic acids is 2. The molecule has 0 fully saturated rings. The van der Waals surface area contributed by atoms with Gasteiger partial charge in [-0.05, 0) is 30.7 Å². The van der Waals surface area contributed by atoms with Crippen molar-refractivity contribution in [2.24, 2.45) is 0 Å². The summed E-state index contributed by atoms with van der Waals surface area (Å²) in [6.07, 6.45) is -0.293. The molecule has 0 atom stereocenters. The van der Waals surface area contributed by atoms with Crippen LogP contribution in [0.4, 0.5) is 5.69 Å². The highest BCUT2D eigenvalue weighted by atomic mass is 35.5. The number of hydrogen-bond donors (Lipinski definition) is 1. The minimum absolute atomic E-state index is 0.293. The van der Waals surface area contributed by atoms with Gasteiger partial charge in [0.15, 0.2) is 0 Å². The van der Waals surface area contributed by atoms with Gasteiger partial charge in [-0.25, -0.2) is 0 Å². The van der Waals surface area contributed by atoms with Crippen LogP contribution in [0.2, 0.25) is 5.02 Å². The molecule has 0 bridgehead atoms. The van der Waals surface area contributed by atoms with Crippen molar-refractivity contribution in [2.45, 2.75) is 13.3 Å². The third-order valence-corrected chi connectivity index (χ3v) is 2.23. The summed E-state index contributed by atoms with van der Waals surface area (Å²) in [5.41, 5.74) is 1.48. The Hall–Kier alpha value is -1.55. The van der Waals surface area contributed by atoms with Gasteiger partial charge >= 0.3 is 5.97 Å². The normalized spacial score (nSPS) is 9.69. The van der Waals surface area contributed by atoms with E-state index in [1.165, 1.54) is 7.11 Å². The lowest BCUT2D eigenvalue weighted by atomic mass is 10.2. The number of amides is 1. The van der Waals surface area contributed by atoms with Gasteiger partial charge in [0.25, 0.3) is 0 Å². The maximum atomic E-state index is 11.4. The van der Waals surface area contributed by atoms with Crippen molar-refractivity contribution in [3.63, 3.8) is 0 Å². The van der Waals surface area contributed by atoms with Crippen molar-refractivity contribution in [3.8, 4) is 0 Å². The van der Waals surface area contributed by atoms with Crippen molar-refractivity contribution in [1.82, 2.24) is 0 Å². The Labute approximate surface area is 98.5 Å². The quantitative estimate of drug-likeness (QED) is 0.652. The number of rotatable bonds is 3. The minimum atomic E-state index is -0.566. The zero-order chi connectivity index (χ0) is 12.1. The van der Waals surface area contributed by atoms with Gasteiger partial charge in [0.05, 0.1) is 7.11 Å². The SMILES string of the molecule is COC(=O)CC(=O)Nc1ccc(Cl)cc1C. The Kier molecular flexibility index (Phi) is 4.31. The van der Waals surface area contributed by atoms with E-state index in [-0.39, 0.29) is 6.42 Å². The monoisotopic (exact) mass is 241 g/mol. The number of methoxy groups -OCH3 is 1. The molecule has 0 saturated carbocycles. The van der Waals surface area contributed by atoms with Crippen LogP contribution in [0, 0.1) is 6.92 Å². The second kappa shape index (κ2) is 5.51. The first-order chi connectivity index (χ1) is 7.52. The molecule has 5 heteroatoms. The molecule has 1 N–H and O–H groups in total. The van der Waals surface area contributed by atoms with Crippen LogP contribution in [0.25, 0.3) is 0 Å². The van der Waals surface area contributed by atoms with Crippen molar-refractivity contribution in [2.75, 3.05) is 12.4 Å². The molecule has 0 heterocycles. The molecular weight excluding hydrogens is 230 g/mol. The third-order valence-electron chi connectivity index (χ3n) is 2.00. The molecule has 16 heavy (non-hydrogen) atoms. The molecule has 0 aliphatic heterocycles. The molecule has 0 aliphatic carbocycles. The van der Waals surface area contributed by atoms with E-state index in [9.17, 15) is 9.59 Å². The van der Waals surface area contributed by atoms with Crippen LogP contribution >= 0.6 is 11.6 Å². The fourth-order valence-electron chi connectivity index (χ4n) is 1.16. The molecule has 0 saturated heterocycles. The van der Waals surface area contributed by atoms with Gasteiger partial charge in [-0.1, -0.05) is 11.6 Å². The van der Waals surface area contributed by atoms with Crippen LogP contribution in [-0.4, -0.2) is 19.0 Å². The zero-order valence-corrected chi connectivity index (χ0v) is 9.80. The first-order valence-corrected chi connectivity index (χ1v) is 5.03. The molecule has 0 unspecified atom stereocenters. The van der Waals surface area contributed by atoms with Gasteiger partial charge in [-0.2, -0.15) is 0 Å². The van der Waals surface area contributed by atoms with Crippen LogP contribution in [0.5, 0.6) is 0 Å². The average molecular weight is 242 g/mol. The number of carbonyl (C=O) groups is 2. The maximum absolute atomic E-state index is 11.4.